The molecule has 6 aliphatic rings. The Labute approximate surface area is 282 Å². The monoisotopic (exact) mass is 714 g/mol. The van der Waals surface area contributed by atoms with E-state index in [0.717, 1.165) is 19.6 Å². The van der Waals surface area contributed by atoms with Crippen molar-refractivity contribution in [3.63, 3.8) is 0 Å². The summed E-state index contributed by atoms with van der Waals surface area (Å²) in [4.78, 5) is 0. The number of benzene rings is 1. The number of halogens is 1. The van der Waals surface area contributed by atoms with Gasteiger partial charge in [0.2, 0.25) is 0 Å². The fourth-order valence-electron chi connectivity index (χ4n) is 12.6. The van der Waals surface area contributed by atoms with Crippen LogP contribution < -0.4 is 0 Å². The summed E-state index contributed by atoms with van der Waals surface area (Å²) in [5.41, 5.74) is 4.59. The largest absolute Gasteiger partial charge is 0.373 e. The molecule has 1 saturated heterocycles. The van der Waals surface area contributed by atoms with Gasteiger partial charge in [-0.1, -0.05) is 72.2 Å². The van der Waals surface area contributed by atoms with E-state index in [4.69, 9.17) is 14.2 Å². The van der Waals surface area contributed by atoms with Crippen molar-refractivity contribution in [3.05, 3.63) is 45.0 Å². The van der Waals surface area contributed by atoms with Gasteiger partial charge in [-0.05, 0) is 151 Å². The van der Waals surface area contributed by atoms with Crippen LogP contribution in [0, 0.1) is 53.8 Å². The molecule has 5 aliphatic carbocycles. The normalized spacial score (nSPS) is 49.0. The summed E-state index contributed by atoms with van der Waals surface area (Å²) in [7, 11) is 0. The Morgan fingerprint density at radius 2 is 1.52 bits per heavy atom. The molecule has 0 spiro atoms. The SMILES string of the molecule is CC1(C)C[C@@H]2C3=CC[C@@H]4[C@@]5(C)CCC6OC(C)(C)OCC6(C)C5CC[C@@]4(C)[C@]3(C)CC[C@@]2(C)[C@H](OCc2ccc(I)cc2)C1. The standard InChI is InChI=1S/C40H59IO3/c1-34(2)22-29-28-14-15-31-37(6)18-17-32-38(7,25-43-35(3,4)44-32)30(37)16-19-40(31,9)39(28,8)21-20-36(29,5)33(23-34)42-24-26-10-12-27(41)13-11-26/h10-14,29-33H,15-25H2,1-9H3/t29-,30?,31-,32?,33-,36-,37+,38?,39-,40-/m1/s1. The molecule has 7 rings (SSSR count). The Morgan fingerprint density at radius 3 is 2.25 bits per heavy atom. The van der Waals surface area contributed by atoms with Gasteiger partial charge in [0.05, 0.1) is 25.4 Å². The molecule has 0 amide bonds. The number of fused-ring (bicyclic) bond motifs is 9. The van der Waals surface area contributed by atoms with E-state index in [2.05, 4.69) is 115 Å². The zero-order valence-corrected chi connectivity index (χ0v) is 31.3. The van der Waals surface area contributed by atoms with E-state index in [9.17, 15) is 0 Å². The highest BCUT2D eigenvalue weighted by atomic mass is 127. The first-order chi connectivity index (χ1) is 20.5. The van der Waals surface area contributed by atoms with Crippen molar-refractivity contribution in [2.75, 3.05) is 6.61 Å². The molecular weight excluding hydrogens is 655 g/mol. The third-order valence-electron chi connectivity index (χ3n) is 15.3. The lowest BCUT2D eigenvalue weighted by Crippen LogP contribution is -2.68. The van der Waals surface area contributed by atoms with Gasteiger partial charge in [0.1, 0.15) is 0 Å². The van der Waals surface area contributed by atoms with E-state index < -0.39 is 5.79 Å². The number of hydrogen-bond acceptors (Lipinski definition) is 3. The van der Waals surface area contributed by atoms with Crippen LogP contribution in [0.5, 0.6) is 0 Å². The Morgan fingerprint density at radius 1 is 0.795 bits per heavy atom. The quantitative estimate of drug-likeness (QED) is 0.230. The molecule has 1 heterocycles. The summed E-state index contributed by atoms with van der Waals surface area (Å²) in [5, 5.41) is 0. The van der Waals surface area contributed by atoms with E-state index in [-0.39, 0.29) is 21.7 Å². The minimum absolute atomic E-state index is 0.106. The fraction of sp³-hybridized carbons (Fsp3) is 0.800. The molecule has 3 unspecified atom stereocenters. The molecular formula is C40H59IO3. The Hall–Kier alpha value is -0.430. The predicted molar refractivity (Wildman–Crippen MR) is 187 cm³/mol. The first kappa shape index (κ1) is 32.1. The van der Waals surface area contributed by atoms with Crippen LogP contribution in [0.4, 0.5) is 0 Å². The first-order valence-corrected chi connectivity index (χ1v) is 18.9. The van der Waals surface area contributed by atoms with Gasteiger partial charge in [-0.2, -0.15) is 0 Å². The molecule has 44 heavy (non-hydrogen) atoms. The van der Waals surface area contributed by atoms with Gasteiger partial charge in [-0.3, -0.25) is 0 Å². The van der Waals surface area contributed by atoms with E-state index >= 15 is 0 Å². The smallest absolute Gasteiger partial charge is 0.163 e. The molecule has 4 heteroatoms. The summed E-state index contributed by atoms with van der Waals surface area (Å²) in [5.74, 6) is 1.51. The van der Waals surface area contributed by atoms with Crippen molar-refractivity contribution in [2.24, 2.45) is 50.2 Å². The van der Waals surface area contributed by atoms with Crippen LogP contribution in [-0.4, -0.2) is 24.6 Å². The second-order valence-corrected chi connectivity index (χ2v) is 19.9. The molecule has 0 bridgehead atoms. The number of rotatable bonds is 3. The third-order valence-corrected chi connectivity index (χ3v) is 16.1. The molecule has 4 saturated carbocycles. The van der Waals surface area contributed by atoms with Crippen LogP contribution in [0.1, 0.15) is 126 Å². The lowest BCUT2D eigenvalue weighted by atomic mass is 9.33. The van der Waals surface area contributed by atoms with Crippen LogP contribution >= 0.6 is 22.6 Å². The van der Waals surface area contributed by atoms with Crippen molar-refractivity contribution >= 4 is 22.6 Å². The average Bonchev–Trinajstić information content (AvgIpc) is 2.94. The highest BCUT2D eigenvalue weighted by molar-refractivity contribution is 14.1. The number of ether oxygens (including phenoxy) is 3. The summed E-state index contributed by atoms with van der Waals surface area (Å²) >= 11 is 2.39. The van der Waals surface area contributed by atoms with E-state index in [1.807, 2.05) is 5.57 Å². The molecule has 5 fully saturated rings. The summed E-state index contributed by atoms with van der Waals surface area (Å²) in [6.07, 6.45) is 14.8. The minimum Gasteiger partial charge on any atom is -0.373 e. The molecule has 244 valence electrons. The average molecular weight is 715 g/mol. The summed E-state index contributed by atoms with van der Waals surface area (Å²) < 4.78 is 21.3. The van der Waals surface area contributed by atoms with Crippen molar-refractivity contribution in [1.29, 1.82) is 0 Å². The second kappa shape index (κ2) is 10.3. The van der Waals surface area contributed by atoms with Gasteiger partial charge in [0.15, 0.2) is 5.79 Å². The van der Waals surface area contributed by atoms with Crippen LogP contribution in [0.15, 0.2) is 35.9 Å². The third kappa shape index (κ3) is 4.63. The highest BCUT2D eigenvalue weighted by Gasteiger charge is 2.70. The molecule has 1 aliphatic heterocycles. The Balaban J connectivity index is 1.20. The fourth-order valence-corrected chi connectivity index (χ4v) is 12.9. The summed E-state index contributed by atoms with van der Waals surface area (Å²) in [6.45, 7) is 24.0. The van der Waals surface area contributed by atoms with Crippen LogP contribution in [0.3, 0.4) is 0 Å². The topological polar surface area (TPSA) is 27.7 Å². The molecule has 0 radical (unpaired) electrons. The lowest BCUT2D eigenvalue weighted by Gasteiger charge is -2.72. The zero-order valence-electron chi connectivity index (χ0n) is 29.2. The van der Waals surface area contributed by atoms with Crippen LogP contribution in [0.2, 0.25) is 0 Å². The maximum atomic E-state index is 6.97. The molecule has 3 nitrogen and oxygen atoms in total. The van der Waals surface area contributed by atoms with Crippen molar-refractivity contribution < 1.29 is 14.2 Å². The van der Waals surface area contributed by atoms with Crippen molar-refractivity contribution in [1.82, 2.24) is 0 Å². The van der Waals surface area contributed by atoms with Gasteiger partial charge in [-0.25, -0.2) is 0 Å². The van der Waals surface area contributed by atoms with Gasteiger partial charge >= 0.3 is 0 Å². The van der Waals surface area contributed by atoms with E-state index in [1.54, 1.807) is 0 Å². The first-order valence-electron chi connectivity index (χ1n) is 17.8. The molecule has 1 aromatic carbocycles. The molecule has 0 aromatic heterocycles. The van der Waals surface area contributed by atoms with Crippen molar-refractivity contribution in [3.8, 4) is 0 Å². The second-order valence-electron chi connectivity index (χ2n) is 18.7. The van der Waals surface area contributed by atoms with E-state index in [1.165, 1.54) is 60.5 Å². The van der Waals surface area contributed by atoms with Gasteiger partial charge in [0.25, 0.3) is 0 Å². The predicted octanol–water partition coefficient (Wildman–Crippen LogP) is 10.7. The van der Waals surface area contributed by atoms with Crippen molar-refractivity contribution in [2.45, 2.75) is 145 Å². The Bertz CT molecular complexity index is 1320. The van der Waals surface area contributed by atoms with E-state index in [0.29, 0.717) is 40.8 Å². The van der Waals surface area contributed by atoms with Gasteiger partial charge in [-0.15, -0.1) is 0 Å². The van der Waals surface area contributed by atoms with Crippen LogP contribution in [0.25, 0.3) is 0 Å². The molecule has 0 N–H and O–H groups in total. The lowest BCUT2D eigenvalue weighted by molar-refractivity contribution is -0.351. The number of allylic oxidation sites excluding steroid dienone is 2. The van der Waals surface area contributed by atoms with Crippen LogP contribution in [-0.2, 0) is 20.8 Å². The van der Waals surface area contributed by atoms with Gasteiger partial charge < -0.3 is 14.2 Å². The molecule has 1 aromatic rings. The Kier molecular flexibility index (Phi) is 7.51. The number of hydrogen-bond donors (Lipinski definition) is 0. The summed E-state index contributed by atoms with van der Waals surface area (Å²) in [6, 6.07) is 8.91. The molecule has 10 atom stereocenters. The minimum atomic E-state index is -0.457. The van der Waals surface area contributed by atoms with Gasteiger partial charge in [0, 0.05) is 14.4 Å². The maximum Gasteiger partial charge on any atom is 0.163 e. The maximum absolute atomic E-state index is 6.97. The zero-order chi connectivity index (χ0) is 31.6. The highest BCUT2D eigenvalue weighted by Crippen LogP contribution is 2.76.